The van der Waals surface area contributed by atoms with Crippen LogP contribution in [0.1, 0.15) is 29.8 Å². The highest BCUT2D eigenvalue weighted by Gasteiger charge is 2.30. The number of anilines is 1. The number of nitrogens with one attached hydrogen (secondary N) is 1. The number of carbonyl (C=O) groups is 2. The molecule has 0 fully saturated rings. The third-order valence-corrected chi connectivity index (χ3v) is 8.83. The lowest BCUT2D eigenvalue weighted by atomic mass is 10.0. The van der Waals surface area contributed by atoms with Gasteiger partial charge in [0.15, 0.2) is 0 Å². The van der Waals surface area contributed by atoms with Gasteiger partial charge in [0, 0.05) is 57.7 Å². The average Bonchev–Trinajstić information content (AvgIpc) is 3.00. The van der Waals surface area contributed by atoms with Crippen LogP contribution in [-0.2, 0) is 26.0 Å². The number of ether oxygens (including phenoxy) is 3. The van der Waals surface area contributed by atoms with Crippen LogP contribution < -0.4 is 14.2 Å². The van der Waals surface area contributed by atoms with Gasteiger partial charge in [-0.3, -0.25) is 19.3 Å². The Labute approximate surface area is 252 Å². The van der Waals surface area contributed by atoms with E-state index in [1.165, 1.54) is 37.4 Å². The number of carbonyl (C=O) groups excluding carboxylic acids is 2. The van der Waals surface area contributed by atoms with Crippen molar-refractivity contribution in [2.24, 2.45) is 5.92 Å². The number of pyridine rings is 1. The van der Waals surface area contributed by atoms with Crippen LogP contribution in [0.5, 0.6) is 11.5 Å². The molecular formula is C31H38N4O7S. The van der Waals surface area contributed by atoms with Crippen LogP contribution >= 0.6 is 0 Å². The van der Waals surface area contributed by atoms with Gasteiger partial charge in [-0.05, 0) is 42.8 Å². The van der Waals surface area contributed by atoms with Crippen molar-refractivity contribution >= 4 is 27.5 Å². The lowest BCUT2D eigenvalue weighted by molar-refractivity contribution is -0.134. The van der Waals surface area contributed by atoms with Gasteiger partial charge in [0.1, 0.15) is 18.1 Å². The molecule has 0 saturated heterocycles. The molecule has 2 amide bonds. The van der Waals surface area contributed by atoms with Crippen LogP contribution in [0.3, 0.4) is 0 Å². The quantitative estimate of drug-likeness (QED) is 0.431. The molecule has 0 radical (unpaired) electrons. The second kappa shape index (κ2) is 13.9. The fourth-order valence-corrected chi connectivity index (χ4v) is 6.03. The molecule has 11 nitrogen and oxygen atoms in total. The van der Waals surface area contributed by atoms with E-state index in [-0.39, 0.29) is 71.3 Å². The number of methoxy groups -OCH3 is 2. The van der Waals surface area contributed by atoms with E-state index < -0.39 is 10.0 Å². The Morgan fingerprint density at radius 3 is 2.58 bits per heavy atom. The van der Waals surface area contributed by atoms with Crippen LogP contribution in [0.2, 0.25) is 0 Å². The summed E-state index contributed by atoms with van der Waals surface area (Å²) in [6.07, 6.45) is 3.16. The first-order chi connectivity index (χ1) is 20.5. The molecular weight excluding hydrogens is 572 g/mol. The molecule has 1 N–H and O–H groups in total. The van der Waals surface area contributed by atoms with Gasteiger partial charge in [0.25, 0.3) is 15.9 Å². The molecule has 43 heavy (non-hydrogen) atoms. The second-order valence-corrected chi connectivity index (χ2v) is 12.4. The molecule has 0 bridgehead atoms. The first-order valence-electron chi connectivity index (χ1n) is 13.9. The Morgan fingerprint density at radius 2 is 1.88 bits per heavy atom. The number of hydrogen-bond donors (Lipinski definition) is 1. The number of likely N-dealkylation sites (N-methyl/N-ethyl adjacent to an activating group) is 1. The topological polar surface area (TPSA) is 127 Å². The van der Waals surface area contributed by atoms with Gasteiger partial charge in [0.05, 0.1) is 41.8 Å². The standard InChI is InChI=1S/C31H38N4O7S/c1-21-18-35(30(36)14-23-8-7-13-32-17-23)22(2)20-42-28-15-24(11-12-27(28)31(37)34(3)19-29(21)41-5)33-43(38,39)26-10-6-9-25(16-26)40-4/h6-13,15-17,21-22,29,33H,14,18-20H2,1-5H3/t21-,22-,29-/m0/s1. The number of hydrogen-bond acceptors (Lipinski definition) is 8. The van der Waals surface area contributed by atoms with Crippen molar-refractivity contribution in [2.75, 3.05) is 45.7 Å². The van der Waals surface area contributed by atoms with Gasteiger partial charge >= 0.3 is 0 Å². The van der Waals surface area contributed by atoms with Gasteiger partial charge in [-0.15, -0.1) is 0 Å². The van der Waals surface area contributed by atoms with Crippen molar-refractivity contribution in [3.05, 3.63) is 78.1 Å². The number of aromatic nitrogens is 1. The minimum Gasteiger partial charge on any atom is -0.497 e. The highest BCUT2D eigenvalue weighted by molar-refractivity contribution is 7.92. The monoisotopic (exact) mass is 610 g/mol. The Kier molecular flexibility index (Phi) is 10.3. The molecule has 2 heterocycles. The fraction of sp³-hybridized carbons (Fsp3) is 0.387. The summed E-state index contributed by atoms with van der Waals surface area (Å²) in [7, 11) is 0.750. The predicted octanol–water partition coefficient (Wildman–Crippen LogP) is 3.47. The maximum atomic E-state index is 13.5. The zero-order chi connectivity index (χ0) is 31.1. The van der Waals surface area contributed by atoms with E-state index in [4.69, 9.17) is 14.2 Å². The number of amides is 2. The average molecular weight is 611 g/mol. The summed E-state index contributed by atoms with van der Waals surface area (Å²) in [5.41, 5.74) is 1.27. The zero-order valence-electron chi connectivity index (χ0n) is 25.0. The van der Waals surface area contributed by atoms with E-state index in [1.807, 2.05) is 19.9 Å². The Balaban J connectivity index is 1.66. The summed E-state index contributed by atoms with van der Waals surface area (Å²) < 4.78 is 45.9. The SMILES string of the molecule is COc1cccc(S(=O)(=O)Nc2ccc3c(c2)OC[C@H](C)N(C(=O)Cc2cccnc2)C[C@H](C)[C@@H](OC)CN(C)C3=O)c1. The smallest absolute Gasteiger partial charge is 0.262 e. The van der Waals surface area contributed by atoms with Gasteiger partial charge in [-0.25, -0.2) is 8.42 Å². The molecule has 1 aliphatic rings. The molecule has 0 unspecified atom stereocenters. The number of benzene rings is 2. The summed E-state index contributed by atoms with van der Waals surface area (Å²) in [5.74, 6) is 0.110. The van der Waals surface area contributed by atoms with Crippen LogP contribution in [0.25, 0.3) is 0 Å². The van der Waals surface area contributed by atoms with Gasteiger partial charge in [-0.1, -0.05) is 19.1 Å². The third kappa shape index (κ3) is 7.82. The van der Waals surface area contributed by atoms with E-state index in [0.29, 0.717) is 12.3 Å². The molecule has 0 aliphatic carbocycles. The molecule has 12 heteroatoms. The highest BCUT2D eigenvalue weighted by atomic mass is 32.2. The largest absolute Gasteiger partial charge is 0.497 e. The number of sulfonamides is 1. The summed E-state index contributed by atoms with van der Waals surface area (Å²) in [5, 5.41) is 0. The number of nitrogens with zero attached hydrogens (tertiary/aromatic N) is 3. The third-order valence-electron chi connectivity index (χ3n) is 7.45. The van der Waals surface area contributed by atoms with Gasteiger partial charge in [-0.2, -0.15) is 0 Å². The molecule has 2 aromatic carbocycles. The lowest BCUT2D eigenvalue weighted by Crippen LogP contribution is -2.49. The maximum Gasteiger partial charge on any atom is 0.262 e. The van der Waals surface area contributed by atoms with E-state index in [9.17, 15) is 18.0 Å². The van der Waals surface area contributed by atoms with Gasteiger partial charge in [0.2, 0.25) is 5.91 Å². The van der Waals surface area contributed by atoms with Crippen molar-refractivity contribution in [3.63, 3.8) is 0 Å². The molecule has 0 saturated carbocycles. The zero-order valence-corrected chi connectivity index (χ0v) is 25.8. The van der Waals surface area contributed by atoms with Crippen LogP contribution in [0.15, 0.2) is 71.9 Å². The Bertz CT molecular complexity index is 1530. The molecule has 0 spiro atoms. The van der Waals surface area contributed by atoms with Crippen molar-refractivity contribution in [1.82, 2.24) is 14.8 Å². The molecule has 230 valence electrons. The number of fused-ring (bicyclic) bond motifs is 1. The summed E-state index contributed by atoms with van der Waals surface area (Å²) >= 11 is 0. The van der Waals surface area contributed by atoms with Crippen LogP contribution in [0.4, 0.5) is 5.69 Å². The number of rotatable bonds is 7. The first-order valence-corrected chi connectivity index (χ1v) is 15.4. The first kappa shape index (κ1) is 31.8. The van der Waals surface area contributed by atoms with E-state index in [0.717, 1.165) is 5.56 Å². The van der Waals surface area contributed by atoms with E-state index in [1.54, 1.807) is 54.6 Å². The van der Waals surface area contributed by atoms with Crippen molar-refractivity contribution < 1.29 is 32.2 Å². The summed E-state index contributed by atoms with van der Waals surface area (Å²) in [4.78, 5) is 34.5. The van der Waals surface area contributed by atoms with E-state index in [2.05, 4.69) is 9.71 Å². The highest BCUT2D eigenvalue weighted by Crippen LogP contribution is 2.29. The minimum absolute atomic E-state index is 0.0208. The molecule has 1 aromatic heterocycles. The minimum atomic E-state index is -3.97. The van der Waals surface area contributed by atoms with Gasteiger partial charge < -0.3 is 24.0 Å². The fourth-order valence-electron chi connectivity index (χ4n) is 4.94. The lowest BCUT2D eigenvalue weighted by Gasteiger charge is -2.36. The normalized spacial score (nSPS) is 19.8. The van der Waals surface area contributed by atoms with Crippen molar-refractivity contribution in [3.8, 4) is 11.5 Å². The van der Waals surface area contributed by atoms with E-state index >= 15 is 0 Å². The Hall–Kier alpha value is -4.16. The molecule has 3 aromatic rings. The van der Waals surface area contributed by atoms with Crippen LogP contribution in [0, 0.1) is 5.92 Å². The summed E-state index contributed by atoms with van der Waals surface area (Å²) in [6, 6.07) is 13.9. The molecule has 3 atom stereocenters. The summed E-state index contributed by atoms with van der Waals surface area (Å²) in [6.45, 7) is 4.60. The second-order valence-electron chi connectivity index (χ2n) is 10.7. The van der Waals surface area contributed by atoms with Crippen molar-refractivity contribution in [1.29, 1.82) is 0 Å². The van der Waals surface area contributed by atoms with Crippen molar-refractivity contribution in [2.45, 2.75) is 37.3 Å². The Morgan fingerprint density at radius 1 is 1.09 bits per heavy atom. The predicted molar refractivity (Wildman–Crippen MR) is 162 cm³/mol. The molecule has 4 rings (SSSR count). The van der Waals surface area contributed by atoms with Crippen LogP contribution in [-0.4, -0.2) is 88.1 Å². The molecule has 1 aliphatic heterocycles. The maximum absolute atomic E-state index is 13.5.